The number of hydrogen-bond acceptors (Lipinski definition) is 8. The molecule has 2 atom stereocenters. The van der Waals surface area contributed by atoms with Gasteiger partial charge in [0.25, 0.3) is 0 Å². The van der Waals surface area contributed by atoms with Crippen LogP contribution in [0.25, 0.3) is 0 Å². The summed E-state index contributed by atoms with van der Waals surface area (Å²) >= 11 is 0. The fraction of sp³-hybridized carbons (Fsp3) is 0.909. The molecule has 3 aliphatic heterocycles. The Balaban J connectivity index is 1.44. The van der Waals surface area contributed by atoms with Gasteiger partial charge in [-0.15, -0.1) is 0 Å². The van der Waals surface area contributed by atoms with Gasteiger partial charge in [-0.1, -0.05) is 0 Å². The van der Waals surface area contributed by atoms with E-state index in [1.54, 1.807) is 0 Å². The van der Waals surface area contributed by atoms with Crippen LogP contribution >= 0.6 is 0 Å². The van der Waals surface area contributed by atoms with Gasteiger partial charge in [-0.2, -0.15) is 0 Å². The van der Waals surface area contributed by atoms with Gasteiger partial charge in [0.15, 0.2) is 0 Å². The molecule has 0 aliphatic carbocycles. The van der Waals surface area contributed by atoms with Gasteiger partial charge >= 0.3 is 0 Å². The van der Waals surface area contributed by atoms with Crippen molar-refractivity contribution in [2.45, 2.75) is 37.8 Å². The molecule has 0 aromatic rings. The van der Waals surface area contributed by atoms with Crippen LogP contribution in [0.5, 0.6) is 0 Å². The molecule has 2 amide bonds. The summed E-state index contributed by atoms with van der Waals surface area (Å²) in [5.74, 6) is 0.247. The third-order valence-corrected chi connectivity index (χ3v) is 6.11. The first-order chi connectivity index (χ1) is 15.8. The lowest BCUT2D eigenvalue weighted by Crippen LogP contribution is -2.46. The number of carbonyl (C=O) groups excluding carboxylic acids is 2. The highest BCUT2D eigenvalue weighted by atomic mass is 16.5. The summed E-state index contributed by atoms with van der Waals surface area (Å²) in [7, 11) is 0. The Kier molecular flexibility index (Phi) is 11.7. The van der Waals surface area contributed by atoms with Crippen LogP contribution < -0.4 is 10.6 Å². The van der Waals surface area contributed by atoms with Crippen LogP contribution in [0, 0.1) is 0 Å². The van der Waals surface area contributed by atoms with Gasteiger partial charge in [-0.05, 0) is 38.8 Å². The van der Waals surface area contributed by atoms with Crippen molar-refractivity contribution in [1.82, 2.24) is 20.4 Å². The zero-order valence-corrected chi connectivity index (χ0v) is 19.2. The standard InChI is InChI=1S/C22H40N4O6/c27-21(19-3-1-5-23-19)25-7-11-29-15-17-31-13-9-26(22(28)20-4-2-6-24-20)10-14-32-18-16-30-12-8-25/h19-20,23-24H,1-18H2. The second-order valence-corrected chi connectivity index (χ2v) is 8.40. The molecule has 3 fully saturated rings. The van der Waals surface area contributed by atoms with Crippen molar-refractivity contribution in [2.75, 3.05) is 92.1 Å². The maximum Gasteiger partial charge on any atom is 0.239 e. The highest BCUT2D eigenvalue weighted by Gasteiger charge is 2.27. The van der Waals surface area contributed by atoms with E-state index in [0.29, 0.717) is 79.0 Å². The number of carbonyl (C=O) groups is 2. The molecular weight excluding hydrogens is 416 g/mol. The first-order valence-corrected chi connectivity index (χ1v) is 12.1. The minimum Gasteiger partial charge on any atom is -0.377 e. The highest BCUT2D eigenvalue weighted by Crippen LogP contribution is 2.10. The number of rotatable bonds is 2. The van der Waals surface area contributed by atoms with Crippen molar-refractivity contribution in [2.24, 2.45) is 0 Å². The maximum atomic E-state index is 12.8. The molecule has 0 aromatic heterocycles. The van der Waals surface area contributed by atoms with Crippen molar-refractivity contribution in [3.63, 3.8) is 0 Å². The minimum absolute atomic E-state index is 0.0929. The Morgan fingerprint density at radius 2 is 0.906 bits per heavy atom. The van der Waals surface area contributed by atoms with Crippen LogP contribution in [0.3, 0.4) is 0 Å². The molecule has 3 heterocycles. The lowest BCUT2D eigenvalue weighted by Gasteiger charge is -2.26. The first kappa shape index (κ1) is 25.3. The number of ether oxygens (including phenoxy) is 4. The molecule has 32 heavy (non-hydrogen) atoms. The third kappa shape index (κ3) is 8.57. The van der Waals surface area contributed by atoms with Gasteiger partial charge in [-0.25, -0.2) is 0 Å². The quantitative estimate of drug-likeness (QED) is 0.559. The predicted molar refractivity (Wildman–Crippen MR) is 118 cm³/mol. The summed E-state index contributed by atoms with van der Waals surface area (Å²) in [5, 5.41) is 6.54. The average molecular weight is 457 g/mol. The van der Waals surface area contributed by atoms with Crippen LogP contribution in [0.2, 0.25) is 0 Å². The molecule has 3 rings (SSSR count). The van der Waals surface area contributed by atoms with E-state index in [1.165, 1.54) is 0 Å². The Bertz CT molecular complexity index is 487. The predicted octanol–water partition coefficient (Wildman–Crippen LogP) is -0.772. The third-order valence-electron chi connectivity index (χ3n) is 6.11. The van der Waals surface area contributed by atoms with E-state index >= 15 is 0 Å². The van der Waals surface area contributed by atoms with E-state index in [9.17, 15) is 9.59 Å². The summed E-state index contributed by atoms with van der Waals surface area (Å²) in [4.78, 5) is 29.2. The van der Waals surface area contributed by atoms with Gasteiger partial charge in [0.2, 0.25) is 11.8 Å². The van der Waals surface area contributed by atoms with Gasteiger partial charge in [0.1, 0.15) is 0 Å². The monoisotopic (exact) mass is 456 g/mol. The van der Waals surface area contributed by atoms with E-state index in [2.05, 4.69) is 10.6 Å². The topological polar surface area (TPSA) is 102 Å². The largest absolute Gasteiger partial charge is 0.377 e. The number of nitrogens with zero attached hydrogens (tertiary/aromatic N) is 2. The molecule has 0 bridgehead atoms. The van der Waals surface area contributed by atoms with Crippen LogP contribution in [0.1, 0.15) is 25.7 Å². The molecule has 0 aromatic carbocycles. The van der Waals surface area contributed by atoms with Crippen molar-refractivity contribution in [3.8, 4) is 0 Å². The molecule has 10 heteroatoms. The SMILES string of the molecule is O=C(C1CCCN1)N1CCOCCOCCN(C(=O)C2CCCN2)CCOCCOCC1. The van der Waals surface area contributed by atoms with Gasteiger partial charge < -0.3 is 39.4 Å². The molecular formula is C22H40N4O6. The second-order valence-electron chi connectivity index (χ2n) is 8.40. The first-order valence-electron chi connectivity index (χ1n) is 12.1. The molecule has 10 nitrogen and oxygen atoms in total. The van der Waals surface area contributed by atoms with Crippen molar-refractivity contribution < 1.29 is 28.5 Å². The normalized spacial score (nSPS) is 28.2. The number of amides is 2. The molecule has 184 valence electrons. The molecule has 2 N–H and O–H groups in total. The summed E-state index contributed by atoms with van der Waals surface area (Å²) in [6.07, 6.45) is 3.84. The van der Waals surface area contributed by atoms with Crippen molar-refractivity contribution >= 4 is 11.8 Å². The van der Waals surface area contributed by atoms with E-state index < -0.39 is 0 Å². The smallest absolute Gasteiger partial charge is 0.239 e. The maximum absolute atomic E-state index is 12.8. The molecule has 0 saturated carbocycles. The average Bonchev–Trinajstić information content (AvgIpc) is 3.52. The second kappa shape index (κ2) is 14.8. The summed E-state index contributed by atoms with van der Waals surface area (Å²) in [6, 6.07) is -0.186. The molecule has 3 saturated heterocycles. The van der Waals surface area contributed by atoms with Crippen LogP contribution in [-0.4, -0.2) is 126 Å². The fourth-order valence-corrected chi connectivity index (χ4v) is 4.24. The van der Waals surface area contributed by atoms with E-state index in [-0.39, 0.29) is 23.9 Å². The number of nitrogens with one attached hydrogen (secondary N) is 2. The van der Waals surface area contributed by atoms with E-state index in [1.807, 2.05) is 9.80 Å². The van der Waals surface area contributed by atoms with Crippen LogP contribution in [0.4, 0.5) is 0 Å². The van der Waals surface area contributed by atoms with Crippen molar-refractivity contribution in [1.29, 1.82) is 0 Å². The Morgan fingerprint density at radius 1 is 0.562 bits per heavy atom. The molecule has 2 unspecified atom stereocenters. The van der Waals surface area contributed by atoms with E-state index in [0.717, 1.165) is 38.8 Å². The summed E-state index contributed by atoms with van der Waals surface area (Å²) in [5.41, 5.74) is 0. The zero-order valence-electron chi connectivity index (χ0n) is 19.2. The lowest BCUT2D eigenvalue weighted by molar-refractivity contribution is -0.136. The fourth-order valence-electron chi connectivity index (χ4n) is 4.24. The lowest BCUT2D eigenvalue weighted by atomic mass is 10.2. The Labute approximate surface area is 191 Å². The van der Waals surface area contributed by atoms with Crippen molar-refractivity contribution in [3.05, 3.63) is 0 Å². The highest BCUT2D eigenvalue weighted by molar-refractivity contribution is 5.82. The Hall–Kier alpha value is -1.30. The van der Waals surface area contributed by atoms with Crippen LogP contribution in [0.15, 0.2) is 0 Å². The minimum atomic E-state index is -0.0929. The molecule has 3 aliphatic rings. The molecule has 0 spiro atoms. The van der Waals surface area contributed by atoms with E-state index in [4.69, 9.17) is 18.9 Å². The summed E-state index contributed by atoms with van der Waals surface area (Å²) < 4.78 is 22.7. The van der Waals surface area contributed by atoms with Gasteiger partial charge in [0, 0.05) is 26.2 Å². The van der Waals surface area contributed by atoms with Crippen LogP contribution in [-0.2, 0) is 28.5 Å². The van der Waals surface area contributed by atoms with Gasteiger partial charge in [-0.3, -0.25) is 9.59 Å². The van der Waals surface area contributed by atoms with Gasteiger partial charge in [0.05, 0.1) is 64.9 Å². The number of hydrogen-bond donors (Lipinski definition) is 2. The molecule has 0 radical (unpaired) electrons. The zero-order chi connectivity index (χ0) is 22.4. The summed E-state index contributed by atoms with van der Waals surface area (Å²) in [6.45, 7) is 7.61. The Morgan fingerprint density at radius 3 is 1.19 bits per heavy atom.